The highest BCUT2D eigenvalue weighted by molar-refractivity contribution is 5.70. The normalized spacial score (nSPS) is 28.5. The number of hydrogen-bond acceptors (Lipinski definition) is 3. The first kappa shape index (κ1) is 15.4. The molecule has 2 aliphatic rings. The van der Waals surface area contributed by atoms with Gasteiger partial charge in [0, 0.05) is 31.5 Å². The molecule has 1 aliphatic heterocycles. The third kappa shape index (κ3) is 4.24. The van der Waals surface area contributed by atoms with E-state index < -0.39 is 0 Å². The number of hydrogen-bond donors (Lipinski definition) is 0. The number of nitrogens with zero attached hydrogens (tertiary/aromatic N) is 1. The van der Waals surface area contributed by atoms with Gasteiger partial charge in [-0.25, -0.2) is 0 Å². The van der Waals surface area contributed by atoms with Gasteiger partial charge in [-0.05, 0) is 52.4 Å². The summed E-state index contributed by atoms with van der Waals surface area (Å²) < 4.78 is 5.40. The summed E-state index contributed by atoms with van der Waals surface area (Å²) in [7, 11) is 0. The van der Waals surface area contributed by atoms with Gasteiger partial charge in [0.2, 0.25) is 0 Å². The molecule has 1 saturated carbocycles. The molecule has 0 aromatic heterocycles. The standard InChI is InChI=1S/C17H27NO2/c1-5-13-11-18(12-13)15-8-6-14(7-9-15)10-16(19)20-17(2,3)4/h1,13-15H,6-12H2,2-4H3. The van der Waals surface area contributed by atoms with Crippen molar-refractivity contribution in [2.45, 2.75) is 64.5 Å². The number of esters is 1. The van der Waals surface area contributed by atoms with Crippen molar-refractivity contribution >= 4 is 5.97 Å². The van der Waals surface area contributed by atoms with Crippen molar-refractivity contribution in [3.05, 3.63) is 0 Å². The Bertz CT molecular complexity index is 377. The summed E-state index contributed by atoms with van der Waals surface area (Å²) in [5.41, 5.74) is -0.365. The van der Waals surface area contributed by atoms with Gasteiger partial charge in [0.1, 0.15) is 5.60 Å². The summed E-state index contributed by atoms with van der Waals surface area (Å²) in [6, 6.07) is 0.689. The van der Waals surface area contributed by atoms with Crippen LogP contribution in [-0.2, 0) is 9.53 Å². The van der Waals surface area contributed by atoms with E-state index in [1.807, 2.05) is 20.8 Å². The van der Waals surface area contributed by atoms with Crippen LogP contribution in [-0.4, -0.2) is 35.6 Å². The van der Waals surface area contributed by atoms with E-state index in [1.54, 1.807) is 0 Å². The summed E-state index contributed by atoms with van der Waals surface area (Å²) in [4.78, 5) is 14.3. The lowest BCUT2D eigenvalue weighted by molar-refractivity contribution is -0.156. The topological polar surface area (TPSA) is 29.5 Å². The molecule has 2 rings (SSSR count). The van der Waals surface area contributed by atoms with Crippen molar-refractivity contribution in [3.63, 3.8) is 0 Å². The van der Waals surface area contributed by atoms with Crippen molar-refractivity contribution < 1.29 is 9.53 Å². The minimum absolute atomic E-state index is 0.0442. The maximum Gasteiger partial charge on any atom is 0.306 e. The summed E-state index contributed by atoms with van der Waals surface area (Å²) in [6.45, 7) is 7.91. The summed E-state index contributed by atoms with van der Waals surface area (Å²) in [5.74, 6) is 3.75. The number of ether oxygens (including phenoxy) is 1. The van der Waals surface area contributed by atoms with Crippen LogP contribution in [0.2, 0.25) is 0 Å². The maximum atomic E-state index is 11.8. The number of carbonyl (C=O) groups is 1. The molecule has 20 heavy (non-hydrogen) atoms. The number of likely N-dealkylation sites (tertiary alicyclic amines) is 1. The van der Waals surface area contributed by atoms with Crippen molar-refractivity contribution in [3.8, 4) is 12.3 Å². The van der Waals surface area contributed by atoms with E-state index in [2.05, 4.69) is 10.8 Å². The molecule has 3 nitrogen and oxygen atoms in total. The molecule has 0 aromatic carbocycles. The van der Waals surface area contributed by atoms with Gasteiger partial charge in [-0.3, -0.25) is 9.69 Å². The van der Waals surface area contributed by atoms with Crippen molar-refractivity contribution in [2.75, 3.05) is 13.1 Å². The molecule has 0 aromatic rings. The van der Waals surface area contributed by atoms with E-state index in [-0.39, 0.29) is 11.6 Å². The van der Waals surface area contributed by atoms with E-state index >= 15 is 0 Å². The first-order valence-corrected chi connectivity index (χ1v) is 7.79. The highest BCUT2D eigenvalue weighted by atomic mass is 16.6. The smallest absolute Gasteiger partial charge is 0.306 e. The van der Waals surface area contributed by atoms with Crippen LogP contribution < -0.4 is 0 Å². The second-order valence-corrected chi connectivity index (χ2v) is 7.28. The van der Waals surface area contributed by atoms with E-state index in [0.29, 0.717) is 24.3 Å². The first-order valence-electron chi connectivity index (χ1n) is 7.79. The molecule has 0 unspecified atom stereocenters. The molecule has 0 spiro atoms. The predicted molar refractivity (Wildman–Crippen MR) is 80.1 cm³/mol. The molecule has 0 amide bonds. The SMILES string of the molecule is C#CC1CN(C2CCC(CC(=O)OC(C)(C)C)CC2)C1. The van der Waals surface area contributed by atoms with Crippen molar-refractivity contribution in [2.24, 2.45) is 11.8 Å². The van der Waals surface area contributed by atoms with Gasteiger partial charge < -0.3 is 4.74 Å². The van der Waals surface area contributed by atoms with Crippen LogP contribution in [0.3, 0.4) is 0 Å². The minimum Gasteiger partial charge on any atom is -0.460 e. The summed E-state index contributed by atoms with van der Waals surface area (Å²) in [6.07, 6.45) is 10.7. The van der Waals surface area contributed by atoms with Gasteiger partial charge in [0.05, 0.1) is 0 Å². The molecule has 112 valence electrons. The molecule has 0 bridgehead atoms. The average Bonchev–Trinajstić information content (AvgIpc) is 2.27. The fourth-order valence-corrected chi connectivity index (χ4v) is 3.25. The van der Waals surface area contributed by atoms with Gasteiger partial charge in [-0.1, -0.05) is 0 Å². The Kier molecular flexibility index (Phi) is 4.75. The molecular weight excluding hydrogens is 250 g/mol. The van der Waals surface area contributed by atoms with E-state index in [0.717, 1.165) is 25.9 Å². The Hall–Kier alpha value is -1.01. The lowest BCUT2D eigenvalue weighted by atomic mass is 9.82. The molecule has 0 radical (unpaired) electrons. The van der Waals surface area contributed by atoms with Crippen LogP contribution in [0.25, 0.3) is 0 Å². The number of rotatable bonds is 3. The molecule has 0 atom stereocenters. The van der Waals surface area contributed by atoms with Gasteiger partial charge in [-0.15, -0.1) is 12.3 Å². The predicted octanol–water partition coefficient (Wildman–Crippen LogP) is 2.84. The van der Waals surface area contributed by atoms with Gasteiger partial charge >= 0.3 is 5.97 Å². The Morgan fingerprint density at radius 2 is 1.85 bits per heavy atom. The second kappa shape index (κ2) is 6.18. The molecule has 2 fully saturated rings. The van der Waals surface area contributed by atoms with E-state index in [1.165, 1.54) is 12.8 Å². The Labute approximate surface area is 123 Å². The van der Waals surface area contributed by atoms with Crippen molar-refractivity contribution in [1.82, 2.24) is 4.90 Å². The summed E-state index contributed by atoms with van der Waals surface area (Å²) >= 11 is 0. The van der Waals surface area contributed by atoms with Gasteiger partial charge in [0.15, 0.2) is 0 Å². The quantitative estimate of drug-likeness (QED) is 0.587. The molecule has 1 saturated heterocycles. The second-order valence-electron chi connectivity index (χ2n) is 7.28. The zero-order valence-corrected chi connectivity index (χ0v) is 13.0. The third-order valence-electron chi connectivity index (χ3n) is 4.35. The minimum atomic E-state index is -0.365. The number of terminal acetylenes is 1. The number of carbonyl (C=O) groups excluding carboxylic acids is 1. The summed E-state index contributed by atoms with van der Waals surface area (Å²) in [5, 5.41) is 0. The molecule has 1 heterocycles. The Morgan fingerprint density at radius 3 is 2.35 bits per heavy atom. The lowest BCUT2D eigenvalue weighted by Gasteiger charge is -2.45. The zero-order valence-electron chi connectivity index (χ0n) is 13.0. The van der Waals surface area contributed by atoms with E-state index in [9.17, 15) is 4.79 Å². The van der Waals surface area contributed by atoms with Crippen LogP contribution in [0, 0.1) is 24.2 Å². The highest BCUT2D eigenvalue weighted by Gasteiger charge is 2.34. The van der Waals surface area contributed by atoms with E-state index in [4.69, 9.17) is 11.2 Å². The first-order chi connectivity index (χ1) is 9.37. The molecule has 1 aliphatic carbocycles. The fourth-order valence-electron chi connectivity index (χ4n) is 3.25. The van der Waals surface area contributed by atoms with Crippen molar-refractivity contribution in [1.29, 1.82) is 0 Å². The molecule has 0 N–H and O–H groups in total. The van der Waals surface area contributed by atoms with Gasteiger partial charge in [-0.2, -0.15) is 0 Å². The Balaban J connectivity index is 1.67. The maximum absolute atomic E-state index is 11.8. The molecule has 3 heteroatoms. The highest BCUT2D eigenvalue weighted by Crippen LogP contribution is 2.33. The van der Waals surface area contributed by atoms with Crippen LogP contribution >= 0.6 is 0 Å². The fraction of sp³-hybridized carbons (Fsp3) is 0.824. The third-order valence-corrected chi connectivity index (χ3v) is 4.35. The van der Waals surface area contributed by atoms with Crippen LogP contribution in [0.5, 0.6) is 0 Å². The monoisotopic (exact) mass is 277 g/mol. The van der Waals surface area contributed by atoms with Crippen LogP contribution in [0.15, 0.2) is 0 Å². The van der Waals surface area contributed by atoms with Crippen LogP contribution in [0.4, 0.5) is 0 Å². The molecular formula is C17H27NO2. The van der Waals surface area contributed by atoms with Gasteiger partial charge in [0.25, 0.3) is 0 Å². The van der Waals surface area contributed by atoms with Crippen LogP contribution in [0.1, 0.15) is 52.9 Å². The zero-order chi connectivity index (χ0) is 14.8. The average molecular weight is 277 g/mol. The Morgan fingerprint density at radius 1 is 1.25 bits per heavy atom. The largest absolute Gasteiger partial charge is 0.460 e. The lowest BCUT2D eigenvalue weighted by Crippen LogP contribution is -2.52.